The van der Waals surface area contributed by atoms with Crippen LogP contribution in [0.15, 0.2) is 158 Å². The summed E-state index contributed by atoms with van der Waals surface area (Å²) >= 11 is 0. The number of para-hydroxylation sites is 4. The van der Waals surface area contributed by atoms with Gasteiger partial charge >= 0.3 is 0 Å². The Morgan fingerprint density at radius 1 is 0.483 bits per heavy atom. The molecule has 5 aliphatic carbocycles. The molecule has 1 spiro atoms. The average molecular weight is 749 g/mol. The van der Waals surface area contributed by atoms with E-state index in [1.54, 1.807) is 5.56 Å². The SMILES string of the molecule is c1ccc(-c2nc(-c3ccc(N4c5ccccc5Oc5ccccc54)cc3)nc(-c3ccc4c(c3)-c3ccc5ccccc5c3C43C4CC5CC(C4)CC3C5)n2)cc1. The lowest BCUT2D eigenvalue weighted by Crippen LogP contribution is -2.55. The van der Waals surface area contributed by atoms with Gasteiger partial charge in [-0.2, -0.15) is 0 Å². The van der Waals surface area contributed by atoms with Crippen LogP contribution >= 0.6 is 0 Å². The Balaban J connectivity index is 0.953. The van der Waals surface area contributed by atoms with Crippen LogP contribution in [0.1, 0.15) is 43.2 Å². The standard InChI is InChI=1S/C53H40N4O/c1-2-11-35(12-3-1)50-54-51(36-18-22-40(23-19-36)57-45-14-6-8-16-47(45)58-48-17-9-7-15-46(48)57)56-52(55-50)37-21-25-44-43(31-37)42-24-20-34-10-4-5-13-41(34)49(42)53(44)38-27-32-26-33(29-38)30-39(53)28-32/h1-25,31-33,38-39H,26-30H2. The minimum Gasteiger partial charge on any atom is -0.453 e. The first-order valence-corrected chi connectivity index (χ1v) is 20.9. The number of rotatable bonds is 4. The summed E-state index contributed by atoms with van der Waals surface area (Å²) < 4.78 is 6.29. The summed E-state index contributed by atoms with van der Waals surface area (Å²) in [5.74, 6) is 6.85. The van der Waals surface area contributed by atoms with Crippen molar-refractivity contribution in [3.8, 4) is 56.8 Å². The first-order valence-electron chi connectivity index (χ1n) is 20.9. The van der Waals surface area contributed by atoms with Crippen LogP contribution in [0.5, 0.6) is 11.5 Å². The molecule has 14 rings (SSSR count). The third-order valence-corrected chi connectivity index (χ3v) is 14.3. The van der Waals surface area contributed by atoms with Gasteiger partial charge in [-0.1, -0.05) is 103 Å². The van der Waals surface area contributed by atoms with Crippen molar-refractivity contribution >= 4 is 27.8 Å². The van der Waals surface area contributed by atoms with Crippen LogP contribution in [0.2, 0.25) is 0 Å². The molecule has 0 saturated heterocycles. The molecule has 6 aliphatic rings. The van der Waals surface area contributed by atoms with E-state index >= 15 is 0 Å². The maximum absolute atomic E-state index is 6.29. The molecule has 4 bridgehead atoms. The topological polar surface area (TPSA) is 51.1 Å². The maximum atomic E-state index is 6.29. The number of aromatic nitrogens is 3. The van der Waals surface area contributed by atoms with Gasteiger partial charge in [0.05, 0.1) is 11.4 Å². The van der Waals surface area contributed by atoms with Gasteiger partial charge in [0.2, 0.25) is 0 Å². The van der Waals surface area contributed by atoms with Crippen molar-refractivity contribution in [1.29, 1.82) is 0 Å². The van der Waals surface area contributed by atoms with E-state index in [2.05, 4.69) is 120 Å². The molecule has 58 heavy (non-hydrogen) atoms. The molecular weight excluding hydrogens is 709 g/mol. The molecule has 278 valence electrons. The number of fused-ring (bicyclic) bond motifs is 7. The smallest absolute Gasteiger partial charge is 0.164 e. The molecule has 0 atom stereocenters. The molecule has 2 heterocycles. The minimum absolute atomic E-state index is 0.0696. The number of hydrogen-bond acceptors (Lipinski definition) is 5. The molecule has 7 aromatic carbocycles. The fourth-order valence-corrected chi connectivity index (χ4v) is 12.2. The average Bonchev–Trinajstić information content (AvgIpc) is 3.58. The number of benzene rings is 7. The third kappa shape index (κ3) is 4.61. The van der Waals surface area contributed by atoms with Gasteiger partial charge in [-0.05, 0) is 143 Å². The monoisotopic (exact) mass is 748 g/mol. The lowest BCUT2D eigenvalue weighted by Gasteiger charge is -2.61. The van der Waals surface area contributed by atoms with E-state index in [0.29, 0.717) is 29.3 Å². The largest absolute Gasteiger partial charge is 0.453 e. The Morgan fingerprint density at radius 2 is 1.05 bits per heavy atom. The summed E-state index contributed by atoms with van der Waals surface area (Å²) in [4.78, 5) is 17.8. The third-order valence-electron chi connectivity index (χ3n) is 14.3. The molecule has 0 amide bonds. The Labute approximate surface area is 338 Å². The summed E-state index contributed by atoms with van der Waals surface area (Å²) in [5.41, 5.74) is 11.9. The van der Waals surface area contributed by atoms with E-state index in [9.17, 15) is 0 Å². The van der Waals surface area contributed by atoms with Crippen LogP contribution < -0.4 is 9.64 Å². The molecular formula is C53H40N4O. The number of anilines is 3. The molecule has 5 nitrogen and oxygen atoms in total. The quantitative estimate of drug-likeness (QED) is 0.179. The molecule has 4 saturated carbocycles. The van der Waals surface area contributed by atoms with Crippen molar-refractivity contribution in [3.05, 3.63) is 169 Å². The zero-order chi connectivity index (χ0) is 38.0. The molecule has 8 aromatic rings. The van der Waals surface area contributed by atoms with Gasteiger partial charge in [-0.15, -0.1) is 0 Å². The predicted octanol–water partition coefficient (Wildman–Crippen LogP) is 13.3. The molecule has 0 unspecified atom stereocenters. The lowest BCUT2D eigenvalue weighted by atomic mass is 9.43. The first-order chi connectivity index (χ1) is 28.7. The lowest BCUT2D eigenvalue weighted by molar-refractivity contribution is -0.0393. The minimum atomic E-state index is 0.0696. The van der Waals surface area contributed by atoms with Crippen LogP contribution in [-0.4, -0.2) is 15.0 Å². The first kappa shape index (κ1) is 32.5. The maximum Gasteiger partial charge on any atom is 0.164 e. The molecule has 0 radical (unpaired) electrons. The van der Waals surface area contributed by atoms with E-state index in [1.807, 2.05) is 42.5 Å². The normalized spacial score (nSPS) is 23.0. The van der Waals surface area contributed by atoms with Crippen molar-refractivity contribution in [3.63, 3.8) is 0 Å². The second-order valence-corrected chi connectivity index (χ2v) is 17.2. The summed E-state index contributed by atoms with van der Waals surface area (Å²) in [6.45, 7) is 0. The Morgan fingerprint density at radius 3 is 1.74 bits per heavy atom. The number of nitrogens with zero attached hydrogens (tertiary/aromatic N) is 4. The highest BCUT2D eigenvalue weighted by Gasteiger charge is 2.62. The number of ether oxygens (including phenoxy) is 1. The molecule has 1 aliphatic heterocycles. The second-order valence-electron chi connectivity index (χ2n) is 17.2. The van der Waals surface area contributed by atoms with E-state index in [1.165, 1.54) is 59.6 Å². The second kappa shape index (κ2) is 12.2. The molecule has 1 aromatic heterocycles. The summed E-state index contributed by atoms with van der Waals surface area (Å²) in [6.07, 6.45) is 6.88. The highest BCUT2D eigenvalue weighted by molar-refractivity contribution is 5.99. The zero-order valence-electron chi connectivity index (χ0n) is 32.1. The van der Waals surface area contributed by atoms with Crippen molar-refractivity contribution in [1.82, 2.24) is 15.0 Å². The fourth-order valence-electron chi connectivity index (χ4n) is 12.2. The number of hydrogen-bond donors (Lipinski definition) is 0. The van der Waals surface area contributed by atoms with Crippen molar-refractivity contribution in [2.75, 3.05) is 4.90 Å². The van der Waals surface area contributed by atoms with Gasteiger partial charge in [0, 0.05) is 27.8 Å². The van der Waals surface area contributed by atoms with E-state index in [-0.39, 0.29) is 5.41 Å². The summed E-state index contributed by atoms with van der Waals surface area (Å²) in [5, 5.41) is 2.79. The highest BCUT2D eigenvalue weighted by atomic mass is 16.5. The van der Waals surface area contributed by atoms with Gasteiger partial charge in [0.1, 0.15) is 0 Å². The van der Waals surface area contributed by atoms with Crippen molar-refractivity contribution < 1.29 is 4.74 Å². The van der Waals surface area contributed by atoms with E-state index in [4.69, 9.17) is 19.7 Å². The van der Waals surface area contributed by atoms with Crippen LogP contribution in [0.4, 0.5) is 17.1 Å². The van der Waals surface area contributed by atoms with Gasteiger partial charge in [-0.25, -0.2) is 15.0 Å². The van der Waals surface area contributed by atoms with E-state index in [0.717, 1.165) is 57.1 Å². The molecule has 4 fully saturated rings. The van der Waals surface area contributed by atoms with Gasteiger partial charge in [0.25, 0.3) is 0 Å². The van der Waals surface area contributed by atoms with Gasteiger partial charge in [0.15, 0.2) is 29.0 Å². The van der Waals surface area contributed by atoms with Crippen molar-refractivity contribution in [2.24, 2.45) is 23.7 Å². The van der Waals surface area contributed by atoms with Gasteiger partial charge in [-0.3, -0.25) is 0 Å². The van der Waals surface area contributed by atoms with Gasteiger partial charge < -0.3 is 9.64 Å². The van der Waals surface area contributed by atoms with Crippen LogP contribution in [0.3, 0.4) is 0 Å². The highest BCUT2D eigenvalue weighted by Crippen LogP contribution is 2.70. The van der Waals surface area contributed by atoms with Crippen LogP contribution in [-0.2, 0) is 5.41 Å². The summed E-state index contributed by atoms with van der Waals surface area (Å²) in [7, 11) is 0. The van der Waals surface area contributed by atoms with Crippen molar-refractivity contribution in [2.45, 2.75) is 37.5 Å². The fraction of sp³-hybridized carbons (Fsp3) is 0.189. The van der Waals surface area contributed by atoms with Crippen LogP contribution in [0, 0.1) is 23.7 Å². The molecule has 0 N–H and O–H groups in total. The van der Waals surface area contributed by atoms with E-state index < -0.39 is 0 Å². The Hall–Kier alpha value is -6.59. The summed E-state index contributed by atoms with van der Waals surface area (Å²) in [6, 6.07) is 56.3. The Kier molecular flexibility index (Phi) is 6.84. The molecule has 5 heteroatoms. The van der Waals surface area contributed by atoms with Crippen LogP contribution in [0.25, 0.3) is 56.1 Å². The Bertz CT molecular complexity index is 2880. The predicted molar refractivity (Wildman–Crippen MR) is 232 cm³/mol. The zero-order valence-corrected chi connectivity index (χ0v) is 32.1.